The molecule has 0 spiro atoms. The Morgan fingerprint density at radius 1 is 0.450 bits per heavy atom. The van der Waals surface area contributed by atoms with Crippen LogP contribution in [-0.2, 0) is 0 Å². The number of rotatable bonds is 16. The van der Waals surface area contributed by atoms with E-state index in [0.717, 1.165) is 0 Å². The van der Waals surface area contributed by atoms with Crippen LogP contribution in [0, 0.1) is 0 Å². The van der Waals surface area contributed by atoms with Gasteiger partial charge in [0.1, 0.15) is 0 Å². The summed E-state index contributed by atoms with van der Waals surface area (Å²) in [4.78, 5) is 2.54. The van der Waals surface area contributed by atoms with Crippen molar-refractivity contribution in [2.45, 2.75) is 104 Å². The second kappa shape index (κ2) is 17.0. The normalized spacial score (nSPS) is 11.4. The minimum absolute atomic E-state index is 1.31. The Labute approximate surface area is 129 Å². The SMILES string of the molecule is CCCCCCCCCN(C)CCCCCCCCC. The van der Waals surface area contributed by atoms with Gasteiger partial charge in [0.25, 0.3) is 0 Å². The smallest absolute Gasteiger partial charge is 0.00218 e. The Morgan fingerprint density at radius 3 is 1.10 bits per heavy atom. The molecule has 1 nitrogen and oxygen atoms in total. The number of unbranched alkanes of at least 4 members (excludes halogenated alkanes) is 12. The average molecular weight is 284 g/mol. The minimum Gasteiger partial charge on any atom is -0.306 e. The summed E-state index contributed by atoms with van der Waals surface area (Å²) in [5.74, 6) is 0. The molecule has 0 heterocycles. The van der Waals surface area contributed by atoms with Crippen molar-refractivity contribution < 1.29 is 0 Å². The Hall–Kier alpha value is -0.0400. The molecule has 0 aromatic carbocycles. The summed E-state index contributed by atoms with van der Waals surface area (Å²) in [7, 11) is 2.30. The lowest BCUT2D eigenvalue weighted by Gasteiger charge is -2.16. The zero-order valence-electron chi connectivity index (χ0n) is 14.8. The van der Waals surface area contributed by atoms with E-state index in [9.17, 15) is 0 Å². The molecule has 0 aliphatic heterocycles. The summed E-state index contributed by atoms with van der Waals surface area (Å²) in [6.07, 6.45) is 20.0. The van der Waals surface area contributed by atoms with E-state index in [1.165, 1.54) is 103 Å². The standard InChI is InChI=1S/C19H41N/c1-4-6-8-10-12-14-16-18-20(3)19-17-15-13-11-9-7-5-2/h4-19H2,1-3H3. The fourth-order valence-electron chi connectivity index (χ4n) is 2.79. The van der Waals surface area contributed by atoms with Gasteiger partial charge in [0.15, 0.2) is 0 Å². The molecule has 0 aromatic heterocycles. The van der Waals surface area contributed by atoms with E-state index in [1.807, 2.05) is 0 Å². The third-order valence-electron chi connectivity index (χ3n) is 4.29. The summed E-state index contributed by atoms with van der Waals surface area (Å²) in [6, 6.07) is 0. The molecule has 1 heteroatoms. The molecule has 122 valence electrons. The molecular weight excluding hydrogens is 242 g/mol. The molecule has 20 heavy (non-hydrogen) atoms. The van der Waals surface area contributed by atoms with Crippen LogP contribution in [0.5, 0.6) is 0 Å². The van der Waals surface area contributed by atoms with Crippen molar-refractivity contribution in [2.75, 3.05) is 20.1 Å². The molecule has 0 aliphatic rings. The van der Waals surface area contributed by atoms with Gasteiger partial charge in [-0.1, -0.05) is 90.9 Å². The number of hydrogen-bond donors (Lipinski definition) is 0. The fourth-order valence-corrected chi connectivity index (χ4v) is 2.79. The molecule has 0 aliphatic carbocycles. The van der Waals surface area contributed by atoms with E-state index in [2.05, 4.69) is 25.8 Å². The van der Waals surface area contributed by atoms with Crippen molar-refractivity contribution in [3.05, 3.63) is 0 Å². The molecular formula is C19H41N. The molecule has 0 saturated carbocycles. The molecule has 0 bridgehead atoms. The van der Waals surface area contributed by atoms with E-state index in [-0.39, 0.29) is 0 Å². The van der Waals surface area contributed by atoms with Gasteiger partial charge in [-0.3, -0.25) is 0 Å². The van der Waals surface area contributed by atoms with Crippen LogP contribution < -0.4 is 0 Å². The zero-order valence-corrected chi connectivity index (χ0v) is 14.8. The maximum absolute atomic E-state index is 2.54. The van der Waals surface area contributed by atoms with Gasteiger partial charge < -0.3 is 4.90 Å². The quantitative estimate of drug-likeness (QED) is 0.295. The van der Waals surface area contributed by atoms with E-state index in [0.29, 0.717) is 0 Å². The average Bonchev–Trinajstić information content (AvgIpc) is 2.45. The lowest BCUT2D eigenvalue weighted by molar-refractivity contribution is 0.314. The van der Waals surface area contributed by atoms with Crippen LogP contribution in [0.2, 0.25) is 0 Å². The number of nitrogens with zero attached hydrogens (tertiary/aromatic N) is 1. The van der Waals surface area contributed by atoms with Crippen LogP contribution in [0.25, 0.3) is 0 Å². The molecule has 0 unspecified atom stereocenters. The molecule has 0 N–H and O–H groups in total. The second-order valence-corrected chi connectivity index (χ2v) is 6.55. The van der Waals surface area contributed by atoms with Gasteiger partial charge in [-0.25, -0.2) is 0 Å². The lowest BCUT2D eigenvalue weighted by atomic mass is 10.1. The van der Waals surface area contributed by atoms with Gasteiger partial charge in [-0.2, -0.15) is 0 Å². The largest absolute Gasteiger partial charge is 0.306 e. The fraction of sp³-hybridized carbons (Fsp3) is 1.00. The van der Waals surface area contributed by atoms with Crippen LogP contribution in [0.4, 0.5) is 0 Å². The van der Waals surface area contributed by atoms with Gasteiger partial charge >= 0.3 is 0 Å². The van der Waals surface area contributed by atoms with Gasteiger partial charge in [0, 0.05) is 0 Å². The Morgan fingerprint density at radius 2 is 0.750 bits per heavy atom. The first-order valence-electron chi connectivity index (χ1n) is 9.49. The predicted octanol–water partition coefficient (Wildman–Crippen LogP) is 6.42. The summed E-state index contributed by atoms with van der Waals surface area (Å²) in [5.41, 5.74) is 0. The highest BCUT2D eigenvalue weighted by Crippen LogP contribution is 2.09. The number of hydrogen-bond acceptors (Lipinski definition) is 1. The van der Waals surface area contributed by atoms with Crippen molar-refractivity contribution in [3.8, 4) is 0 Å². The Kier molecular flexibility index (Phi) is 17.0. The summed E-state index contributed by atoms with van der Waals surface area (Å²) in [6.45, 7) is 7.20. The molecule has 0 rings (SSSR count). The van der Waals surface area contributed by atoms with Crippen LogP contribution in [0.1, 0.15) is 104 Å². The van der Waals surface area contributed by atoms with E-state index in [1.54, 1.807) is 0 Å². The minimum atomic E-state index is 1.31. The highest BCUT2D eigenvalue weighted by atomic mass is 15.1. The van der Waals surface area contributed by atoms with Crippen molar-refractivity contribution in [2.24, 2.45) is 0 Å². The Bertz CT molecular complexity index is 149. The van der Waals surface area contributed by atoms with E-state index >= 15 is 0 Å². The first-order valence-corrected chi connectivity index (χ1v) is 9.49. The third kappa shape index (κ3) is 16.0. The van der Waals surface area contributed by atoms with Crippen molar-refractivity contribution >= 4 is 0 Å². The highest BCUT2D eigenvalue weighted by Gasteiger charge is 1.98. The molecule has 0 saturated heterocycles. The molecule has 0 radical (unpaired) electrons. The third-order valence-corrected chi connectivity index (χ3v) is 4.29. The van der Waals surface area contributed by atoms with Crippen LogP contribution in [-0.4, -0.2) is 25.0 Å². The monoisotopic (exact) mass is 283 g/mol. The van der Waals surface area contributed by atoms with Crippen molar-refractivity contribution in [1.82, 2.24) is 4.90 Å². The van der Waals surface area contributed by atoms with Gasteiger partial charge in [-0.15, -0.1) is 0 Å². The zero-order chi connectivity index (χ0) is 14.9. The maximum Gasteiger partial charge on any atom is -0.00218 e. The lowest BCUT2D eigenvalue weighted by Crippen LogP contribution is -2.20. The molecule has 0 aromatic rings. The van der Waals surface area contributed by atoms with Gasteiger partial charge in [-0.05, 0) is 33.0 Å². The van der Waals surface area contributed by atoms with Gasteiger partial charge in [0.05, 0.1) is 0 Å². The summed E-state index contributed by atoms with van der Waals surface area (Å²) >= 11 is 0. The van der Waals surface area contributed by atoms with Crippen molar-refractivity contribution in [1.29, 1.82) is 0 Å². The van der Waals surface area contributed by atoms with Gasteiger partial charge in [0.2, 0.25) is 0 Å². The van der Waals surface area contributed by atoms with E-state index < -0.39 is 0 Å². The highest BCUT2D eigenvalue weighted by molar-refractivity contribution is 4.54. The van der Waals surface area contributed by atoms with Crippen molar-refractivity contribution in [3.63, 3.8) is 0 Å². The molecule has 0 fully saturated rings. The van der Waals surface area contributed by atoms with Crippen LogP contribution in [0.15, 0.2) is 0 Å². The van der Waals surface area contributed by atoms with E-state index in [4.69, 9.17) is 0 Å². The summed E-state index contributed by atoms with van der Waals surface area (Å²) < 4.78 is 0. The Balaban J connectivity index is 3.11. The van der Waals surface area contributed by atoms with Crippen LogP contribution in [0.3, 0.4) is 0 Å². The molecule has 0 amide bonds. The second-order valence-electron chi connectivity index (χ2n) is 6.55. The predicted molar refractivity (Wildman–Crippen MR) is 93.5 cm³/mol. The first kappa shape index (κ1) is 20.0. The first-order chi connectivity index (χ1) is 9.81. The topological polar surface area (TPSA) is 3.24 Å². The maximum atomic E-state index is 2.54. The summed E-state index contributed by atoms with van der Waals surface area (Å²) in [5, 5.41) is 0. The van der Waals surface area contributed by atoms with Crippen LogP contribution >= 0.6 is 0 Å². The molecule has 0 atom stereocenters.